The fraction of sp³-hybridized carbons (Fsp3) is 0.455. The number of hydrogen-bond donors (Lipinski definition) is 1. The average molecular weight is 219 g/mol. The van der Waals surface area contributed by atoms with Gasteiger partial charge in [0.1, 0.15) is 11.5 Å². The van der Waals surface area contributed by atoms with Crippen molar-refractivity contribution in [3.63, 3.8) is 0 Å². The fourth-order valence-electron chi connectivity index (χ4n) is 1.98. The lowest BCUT2D eigenvalue weighted by molar-refractivity contribution is 0.756. The van der Waals surface area contributed by atoms with Crippen LogP contribution in [0.25, 0.3) is 11.3 Å². The topological polar surface area (TPSA) is 61.7 Å². The fourth-order valence-corrected chi connectivity index (χ4v) is 1.98. The molecule has 0 aliphatic rings. The number of nitrogen functional groups attached to an aromatic ring is 1. The molecule has 5 heteroatoms. The van der Waals surface area contributed by atoms with Crippen molar-refractivity contribution < 1.29 is 0 Å². The third-order valence-corrected chi connectivity index (χ3v) is 2.82. The molecule has 0 saturated heterocycles. The number of aryl methyl sites for hydroxylation is 3. The van der Waals surface area contributed by atoms with Gasteiger partial charge in [-0.15, -0.1) is 0 Å². The second-order valence-electron chi connectivity index (χ2n) is 3.99. The van der Waals surface area contributed by atoms with E-state index in [4.69, 9.17) is 5.73 Å². The van der Waals surface area contributed by atoms with Gasteiger partial charge in [0.05, 0.1) is 5.69 Å². The van der Waals surface area contributed by atoms with Crippen molar-refractivity contribution in [2.45, 2.75) is 20.3 Å². The van der Waals surface area contributed by atoms with E-state index < -0.39 is 0 Å². The lowest BCUT2D eigenvalue weighted by Crippen LogP contribution is -1.98. The molecule has 2 rings (SSSR count). The van der Waals surface area contributed by atoms with Gasteiger partial charge in [-0.3, -0.25) is 9.36 Å². The Hall–Kier alpha value is -1.78. The van der Waals surface area contributed by atoms with Crippen LogP contribution in [0.3, 0.4) is 0 Å². The van der Waals surface area contributed by atoms with E-state index in [1.165, 1.54) is 0 Å². The number of rotatable bonds is 2. The maximum atomic E-state index is 5.98. The summed E-state index contributed by atoms with van der Waals surface area (Å²) in [5.74, 6) is 0.737. The zero-order valence-electron chi connectivity index (χ0n) is 10.2. The first-order valence-corrected chi connectivity index (χ1v) is 5.36. The number of anilines is 1. The van der Waals surface area contributed by atoms with Crippen molar-refractivity contribution in [2.24, 2.45) is 14.1 Å². The molecule has 0 aliphatic heterocycles. The van der Waals surface area contributed by atoms with Gasteiger partial charge in [0.2, 0.25) is 0 Å². The van der Waals surface area contributed by atoms with Gasteiger partial charge in [-0.25, -0.2) is 0 Å². The van der Waals surface area contributed by atoms with Crippen LogP contribution in [0.4, 0.5) is 5.82 Å². The first-order chi connectivity index (χ1) is 7.54. The molecule has 0 atom stereocenters. The summed E-state index contributed by atoms with van der Waals surface area (Å²) in [6.45, 7) is 4.07. The minimum absolute atomic E-state index is 0.737. The van der Waals surface area contributed by atoms with Crippen molar-refractivity contribution in [3.05, 3.63) is 17.5 Å². The quantitative estimate of drug-likeness (QED) is 0.827. The Morgan fingerprint density at radius 1 is 1.31 bits per heavy atom. The minimum Gasteiger partial charge on any atom is -0.384 e. The lowest BCUT2D eigenvalue weighted by atomic mass is 10.1. The summed E-state index contributed by atoms with van der Waals surface area (Å²) in [6.07, 6.45) is 2.86. The molecule has 0 fully saturated rings. The maximum Gasteiger partial charge on any atom is 0.125 e. The Bertz CT molecular complexity index is 521. The molecule has 0 aliphatic carbocycles. The summed E-state index contributed by atoms with van der Waals surface area (Å²) in [4.78, 5) is 0. The first kappa shape index (κ1) is 10.7. The molecule has 16 heavy (non-hydrogen) atoms. The molecule has 0 saturated carbocycles. The third-order valence-electron chi connectivity index (χ3n) is 2.82. The van der Waals surface area contributed by atoms with Crippen LogP contribution in [0, 0.1) is 6.92 Å². The van der Waals surface area contributed by atoms with Gasteiger partial charge in [0.15, 0.2) is 0 Å². The summed E-state index contributed by atoms with van der Waals surface area (Å²) in [5, 5.41) is 8.79. The Kier molecular flexibility index (Phi) is 2.46. The Balaban J connectivity index is 2.64. The SMILES string of the molecule is CCc1c(-c2cn(C)nc2C)nn(C)c1N. The van der Waals surface area contributed by atoms with Crippen LogP contribution in [-0.4, -0.2) is 19.6 Å². The molecule has 0 amide bonds. The van der Waals surface area contributed by atoms with Crippen LogP contribution in [0.15, 0.2) is 6.20 Å². The molecule has 0 spiro atoms. The molecule has 0 unspecified atom stereocenters. The molecule has 2 heterocycles. The van der Waals surface area contributed by atoms with E-state index in [2.05, 4.69) is 17.1 Å². The van der Waals surface area contributed by atoms with Gasteiger partial charge in [-0.05, 0) is 13.3 Å². The van der Waals surface area contributed by atoms with Gasteiger partial charge < -0.3 is 5.73 Å². The van der Waals surface area contributed by atoms with Crippen LogP contribution in [0.2, 0.25) is 0 Å². The molecule has 5 nitrogen and oxygen atoms in total. The molecular formula is C11H17N5. The van der Waals surface area contributed by atoms with E-state index in [0.29, 0.717) is 0 Å². The Morgan fingerprint density at radius 3 is 2.50 bits per heavy atom. The summed E-state index contributed by atoms with van der Waals surface area (Å²) >= 11 is 0. The summed E-state index contributed by atoms with van der Waals surface area (Å²) in [7, 11) is 3.78. The molecular weight excluding hydrogens is 202 g/mol. The molecule has 2 aromatic rings. The second kappa shape index (κ2) is 3.66. The lowest BCUT2D eigenvalue weighted by Gasteiger charge is -1.98. The second-order valence-corrected chi connectivity index (χ2v) is 3.99. The van der Waals surface area contributed by atoms with Gasteiger partial charge in [-0.1, -0.05) is 6.92 Å². The number of nitrogens with two attached hydrogens (primary N) is 1. The van der Waals surface area contributed by atoms with E-state index >= 15 is 0 Å². The highest BCUT2D eigenvalue weighted by Gasteiger charge is 2.17. The number of nitrogens with zero attached hydrogens (tertiary/aromatic N) is 4. The number of hydrogen-bond acceptors (Lipinski definition) is 3. The molecule has 0 aromatic carbocycles. The predicted molar refractivity (Wildman–Crippen MR) is 63.9 cm³/mol. The molecule has 0 radical (unpaired) electrons. The van der Waals surface area contributed by atoms with E-state index in [1.54, 1.807) is 9.36 Å². The van der Waals surface area contributed by atoms with E-state index in [1.807, 2.05) is 27.2 Å². The van der Waals surface area contributed by atoms with Crippen LogP contribution >= 0.6 is 0 Å². The zero-order valence-corrected chi connectivity index (χ0v) is 10.2. The van der Waals surface area contributed by atoms with E-state index in [-0.39, 0.29) is 0 Å². The standard InChI is InChI=1S/C11H17N5/c1-5-8-10(14-16(4)11(8)12)9-6-15(3)13-7(9)2/h6H,5,12H2,1-4H3. The van der Waals surface area contributed by atoms with Crippen LogP contribution in [-0.2, 0) is 20.5 Å². The first-order valence-electron chi connectivity index (χ1n) is 5.36. The van der Waals surface area contributed by atoms with Crippen molar-refractivity contribution in [1.82, 2.24) is 19.6 Å². The monoisotopic (exact) mass is 219 g/mol. The maximum absolute atomic E-state index is 5.98. The summed E-state index contributed by atoms with van der Waals surface area (Å²) < 4.78 is 3.52. The molecule has 86 valence electrons. The van der Waals surface area contributed by atoms with E-state index in [9.17, 15) is 0 Å². The Morgan fingerprint density at radius 2 is 2.00 bits per heavy atom. The highest BCUT2D eigenvalue weighted by atomic mass is 15.3. The van der Waals surface area contributed by atoms with Crippen LogP contribution < -0.4 is 5.73 Å². The van der Waals surface area contributed by atoms with Crippen LogP contribution in [0.1, 0.15) is 18.2 Å². The third kappa shape index (κ3) is 1.48. The van der Waals surface area contributed by atoms with Crippen LogP contribution in [0.5, 0.6) is 0 Å². The van der Waals surface area contributed by atoms with Gasteiger partial charge in [0.25, 0.3) is 0 Å². The molecule has 2 aromatic heterocycles. The predicted octanol–water partition coefficient (Wildman–Crippen LogP) is 1.27. The highest BCUT2D eigenvalue weighted by Crippen LogP contribution is 2.28. The zero-order chi connectivity index (χ0) is 11.9. The Labute approximate surface area is 94.9 Å². The van der Waals surface area contributed by atoms with Crippen molar-refractivity contribution in [3.8, 4) is 11.3 Å². The van der Waals surface area contributed by atoms with Crippen molar-refractivity contribution in [1.29, 1.82) is 0 Å². The molecule has 0 bridgehead atoms. The van der Waals surface area contributed by atoms with Gasteiger partial charge in [-0.2, -0.15) is 10.2 Å². The normalized spacial score (nSPS) is 11.0. The molecule has 2 N–H and O–H groups in total. The van der Waals surface area contributed by atoms with Crippen molar-refractivity contribution in [2.75, 3.05) is 5.73 Å². The van der Waals surface area contributed by atoms with Gasteiger partial charge in [0, 0.05) is 31.4 Å². The largest absolute Gasteiger partial charge is 0.384 e. The number of aromatic nitrogens is 4. The average Bonchev–Trinajstić information content (AvgIpc) is 2.69. The van der Waals surface area contributed by atoms with E-state index in [0.717, 1.165) is 34.8 Å². The summed E-state index contributed by atoms with van der Waals surface area (Å²) in [5.41, 5.74) is 10.1. The van der Waals surface area contributed by atoms with Crippen molar-refractivity contribution >= 4 is 5.82 Å². The van der Waals surface area contributed by atoms with Gasteiger partial charge >= 0.3 is 0 Å². The highest BCUT2D eigenvalue weighted by molar-refractivity contribution is 5.69. The minimum atomic E-state index is 0.737. The summed E-state index contributed by atoms with van der Waals surface area (Å²) in [6, 6.07) is 0. The smallest absolute Gasteiger partial charge is 0.125 e.